The van der Waals surface area contributed by atoms with E-state index in [1.807, 2.05) is 0 Å². The van der Waals surface area contributed by atoms with Crippen molar-refractivity contribution in [2.75, 3.05) is 6.61 Å². The molecule has 7 heteroatoms. The Balaban J connectivity index is 2.28. The minimum Gasteiger partial charge on any atom is -0.394 e. The molecule has 2 rings (SSSR count). The summed E-state index contributed by atoms with van der Waals surface area (Å²) >= 11 is 5.70. The summed E-state index contributed by atoms with van der Waals surface area (Å²) in [5, 5.41) is 13.0. The van der Waals surface area contributed by atoms with Gasteiger partial charge in [-0.05, 0) is 12.1 Å². The van der Waals surface area contributed by atoms with Crippen LogP contribution in [0.4, 0.5) is 0 Å². The van der Waals surface area contributed by atoms with Gasteiger partial charge in [0, 0.05) is 6.20 Å². The average molecular weight is 241 g/mol. The maximum atomic E-state index is 8.82. The number of hydrogen-bond donors (Lipinski definition) is 2. The van der Waals surface area contributed by atoms with Crippen LogP contribution in [0.15, 0.2) is 22.9 Å². The van der Waals surface area contributed by atoms with Gasteiger partial charge in [-0.3, -0.25) is 4.98 Å². The van der Waals surface area contributed by atoms with Crippen molar-refractivity contribution in [3.05, 3.63) is 29.2 Å². The number of nitrogens with zero attached hydrogens (tertiary/aromatic N) is 3. The first kappa shape index (κ1) is 11.0. The molecule has 0 saturated carbocycles. The molecule has 84 valence electrons. The van der Waals surface area contributed by atoms with Crippen molar-refractivity contribution in [1.29, 1.82) is 0 Å². The van der Waals surface area contributed by atoms with Gasteiger partial charge in [-0.2, -0.15) is 4.98 Å². The summed E-state index contributed by atoms with van der Waals surface area (Å²) in [5.74, 6) is 0.491. The monoisotopic (exact) mass is 240 g/mol. The number of rotatable bonds is 3. The minimum absolute atomic E-state index is 0.175. The van der Waals surface area contributed by atoms with E-state index in [0.717, 1.165) is 0 Å². The summed E-state index contributed by atoms with van der Waals surface area (Å²) in [4.78, 5) is 8.04. The zero-order valence-corrected chi connectivity index (χ0v) is 8.92. The van der Waals surface area contributed by atoms with Gasteiger partial charge in [0.25, 0.3) is 0 Å². The summed E-state index contributed by atoms with van der Waals surface area (Å²) in [6.07, 6.45) is 1.49. The molecule has 0 aliphatic heterocycles. The highest BCUT2D eigenvalue weighted by molar-refractivity contribution is 6.30. The molecule has 0 radical (unpaired) electrons. The van der Waals surface area contributed by atoms with Crippen molar-refractivity contribution in [3.8, 4) is 11.5 Å². The zero-order chi connectivity index (χ0) is 11.5. The summed E-state index contributed by atoms with van der Waals surface area (Å²) in [6.45, 7) is -0.254. The number of nitrogens with two attached hydrogens (primary N) is 1. The lowest BCUT2D eigenvalue weighted by Gasteiger charge is -1.98. The molecular formula is C9H9ClN4O2. The average Bonchev–Trinajstić information content (AvgIpc) is 2.78. The molecule has 0 aromatic carbocycles. The van der Waals surface area contributed by atoms with Crippen molar-refractivity contribution in [3.63, 3.8) is 0 Å². The van der Waals surface area contributed by atoms with Crippen LogP contribution in [0.3, 0.4) is 0 Å². The Labute approximate surface area is 96.1 Å². The molecule has 1 unspecified atom stereocenters. The Kier molecular flexibility index (Phi) is 3.14. The Morgan fingerprint density at radius 2 is 2.31 bits per heavy atom. The van der Waals surface area contributed by atoms with Crippen molar-refractivity contribution in [2.45, 2.75) is 6.04 Å². The van der Waals surface area contributed by atoms with Crippen LogP contribution in [0.1, 0.15) is 11.9 Å². The molecule has 0 saturated heterocycles. The molecule has 16 heavy (non-hydrogen) atoms. The topological polar surface area (TPSA) is 98.1 Å². The number of aromatic nitrogens is 3. The second-order valence-electron chi connectivity index (χ2n) is 3.11. The van der Waals surface area contributed by atoms with Gasteiger partial charge in [0.15, 0.2) is 0 Å². The predicted molar refractivity (Wildman–Crippen MR) is 56.6 cm³/mol. The highest BCUT2D eigenvalue weighted by atomic mass is 35.5. The molecule has 1 atom stereocenters. The first-order valence-corrected chi connectivity index (χ1v) is 4.90. The minimum atomic E-state index is -0.673. The third kappa shape index (κ3) is 2.19. The molecule has 2 heterocycles. The Hall–Kier alpha value is -1.50. The van der Waals surface area contributed by atoms with E-state index >= 15 is 0 Å². The maximum absolute atomic E-state index is 8.82. The number of halogens is 1. The molecule has 3 N–H and O–H groups in total. The Bertz CT molecular complexity index is 471. The lowest BCUT2D eigenvalue weighted by atomic mass is 10.3. The maximum Gasteiger partial charge on any atom is 0.246 e. The van der Waals surface area contributed by atoms with Gasteiger partial charge in [0.2, 0.25) is 11.7 Å². The molecule has 0 aliphatic rings. The number of aliphatic hydroxyl groups excluding tert-OH is 1. The fraction of sp³-hybridized carbons (Fsp3) is 0.222. The van der Waals surface area contributed by atoms with E-state index in [9.17, 15) is 0 Å². The standard InChI is InChI=1S/C9H9ClN4O2/c10-5-1-2-7(12-3-5)8-13-9(16-14-8)6(11)4-15/h1-3,6,15H,4,11H2. The van der Waals surface area contributed by atoms with Gasteiger partial charge in [-0.1, -0.05) is 16.8 Å². The van der Waals surface area contributed by atoms with E-state index in [4.69, 9.17) is 27.0 Å². The number of pyridine rings is 1. The molecule has 6 nitrogen and oxygen atoms in total. The predicted octanol–water partition coefficient (Wildman–Crippen LogP) is 0.777. The van der Waals surface area contributed by atoms with E-state index < -0.39 is 6.04 Å². The van der Waals surface area contributed by atoms with Gasteiger partial charge in [-0.25, -0.2) is 0 Å². The second kappa shape index (κ2) is 4.56. The Morgan fingerprint density at radius 1 is 1.50 bits per heavy atom. The largest absolute Gasteiger partial charge is 0.394 e. The molecule has 0 bridgehead atoms. The van der Waals surface area contributed by atoms with Gasteiger partial charge < -0.3 is 15.4 Å². The highest BCUT2D eigenvalue weighted by Gasteiger charge is 2.15. The zero-order valence-electron chi connectivity index (χ0n) is 8.17. The molecule has 2 aromatic heterocycles. The van der Waals surface area contributed by atoms with Gasteiger partial charge in [-0.15, -0.1) is 0 Å². The van der Waals surface area contributed by atoms with Crippen LogP contribution in [0.25, 0.3) is 11.5 Å². The molecule has 0 amide bonds. The third-order valence-electron chi connectivity index (χ3n) is 1.91. The van der Waals surface area contributed by atoms with Gasteiger partial charge in [0.1, 0.15) is 11.7 Å². The first-order valence-electron chi connectivity index (χ1n) is 4.52. The normalized spacial score (nSPS) is 12.7. The molecular weight excluding hydrogens is 232 g/mol. The smallest absolute Gasteiger partial charge is 0.246 e. The second-order valence-corrected chi connectivity index (χ2v) is 3.54. The fourth-order valence-corrected chi connectivity index (χ4v) is 1.19. The van der Waals surface area contributed by atoms with E-state index in [0.29, 0.717) is 16.5 Å². The van der Waals surface area contributed by atoms with E-state index in [1.165, 1.54) is 6.20 Å². The molecule has 0 fully saturated rings. The van der Waals surface area contributed by atoms with Crippen LogP contribution in [0.5, 0.6) is 0 Å². The van der Waals surface area contributed by atoms with Crippen molar-refractivity contribution in [2.24, 2.45) is 5.73 Å². The van der Waals surface area contributed by atoms with E-state index in [1.54, 1.807) is 12.1 Å². The number of aliphatic hydroxyl groups is 1. The van der Waals surface area contributed by atoms with Crippen LogP contribution in [-0.2, 0) is 0 Å². The van der Waals surface area contributed by atoms with Crippen LogP contribution >= 0.6 is 11.6 Å². The van der Waals surface area contributed by atoms with Gasteiger partial charge >= 0.3 is 0 Å². The Morgan fingerprint density at radius 3 is 2.94 bits per heavy atom. The molecule has 0 spiro atoms. The quantitative estimate of drug-likeness (QED) is 0.823. The van der Waals surface area contributed by atoms with Crippen LogP contribution in [0, 0.1) is 0 Å². The lowest BCUT2D eigenvalue weighted by molar-refractivity contribution is 0.237. The van der Waals surface area contributed by atoms with Crippen molar-refractivity contribution >= 4 is 11.6 Å². The summed E-state index contributed by atoms with van der Waals surface area (Å²) in [5.41, 5.74) is 6.05. The van der Waals surface area contributed by atoms with Crippen LogP contribution in [-0.4, -0.2) is 26.8 Å². The van der Waals surface area contributed by atoms with E-state index in [2.05, 4.69) is 15.1 Å². The third-order valence-corrected chi connectivity index (χ3v) is 2.14. The van der Waals surface area contributed by atoms with Crippen LogP contribution in [0.2, 0.25) is 5.02 Å². The summed E-state index contributed by atoms with van der Waals surface area (Å²) in [7, 11) is 0. The number of hydrogen-bond acceptors (Lipinski definition) is 6. The lowest BCUT2D eigenvalue weighted by Crippen LogP contribution is -2.14. The first-order chi connectivity index (χ1) is 7.70. The molecule has 0 aliphatic carbocycles. The van der Waals surface area contributed by atoms with E-state index in [-0.39, 0.29) is 12.5 Å². The van der Waals surface area contributed by atoms with Crippen molar-refractivity contribution in [1.82, 2.24) is 15.1 Å². The van der Waals surface area contributed by atoms with Crippen LogP contribution < -0.4 is 5.73 Å². The fourth-order valence-electron chi connectivity index (χ4n) is 1.08. The summed E-state index contributed by atoms with van der Waals surface area (Å²) in [6, 6.07) is 2.67. The van der Waals surface area contributed by atoms with Gasteiger partial charge in [0.05, 0.1) is 11.6 Å². The summed E-state index contributed by atoms with van der Waals surface area (Å²) < 4.78 is 4.88. The molecule has 2 aromatic rings. The van der Waals surface area contributed by atoms with Crippen molar-refractivity contribution < 1.29 is 9.63 Å². The highest BCUT2D eigenvalue weighted by Crippen LogP contribution is 2.17. The SMILES string of the molecule is NC(CO)c1nc(-c2ccc(Cl)cn2)no1.